The van der Waals surface area contributed by atoms with Crippen molar-refractivity contribution in [1.29, 1.82) is 0 Å². The zero-order chi connectivity index (χ0) is 24.1. The van der Waals surface area contributed by atoms with Gasteiger partial charge in [-0.05, 0) is 32.1 Å². The Balaban J connectivity index is 2.04. The summed E-state index contributed by atoms with van der Waals surface area (Å²) in [6.45, 7) is 0.906. The maximum absolute atomic E-state index is 13.1. The first-order valence-electron chi connectivity index (χ1n) is 10.2. The highest BCUT2D eigenvalue weighted by molar-refractivity contribution is 7.46. The maximum atomic E-state index is 13.1. The number of hydrogen-bond donors (Lipinski definition) is 4. The molecule has 1 aromatic heterocycles. The maximum Gasteiger partial charge on any atom is 0.524 e. The van der Waals surface area contributed by atoms with Gasteiger partial charge in [0, 0.05) is 35.7 Å². The number of halogens is 1. The van der Waals surface area contributed by atoms with E-state index in [-0.39, 0.29) is 38.9 Å². The number of aromatic hydroxyl groups is 1. The number of likely N-dealkylation sites (tertiary alicyclic amines) is 1. The number of aliphatic hydroxyl groups is 1. The fourth-order valence-corrected chi connectivity index (χ4v) is 4.64. The van der Waals surface area contributed by atoms with Crippen LogP contribution in [0.3, 0.4) is 0 Å². The van der Waals surface area contributed by atoms with Crippen LogP contribution in [0.4, 0.5) is 0 Å². The molecule has 2 aromatic carbocycles. The Kier molecular flexibility index (Phi) is 5.71. The van der Waals surface area contributed by atoms with Gasteiger partial charge in [-0.1, -0.05) is 23.7 Å². The van der Waals surface area contributed by atoms with Gasteiger partial charge in [0.1, 0.15) is 28.2 Å². The van der Waals surface area contributed by atoms with Crippen molar-refractivity contribution >= 4 is 30.4 Å². The highest BCUT2D eigenvalue weighted by atomic mass is 35.5. The summed E-state index contributed by atoms with van der Waals surface area (Å²) in [5.41, 5.74) is -0.509. The van der Waals surface area contributed by atoms with Crippen LogP contribution in [0.2, 0.25) is 5.02 Å². The third kappa shape index (κ3) is 4.41. The Morgan fingerprint density at radius 1 is 1.34 bits per heavy atom. The van der Waals surface area contributed by atoms with Crippen molar-refractivity contribution in [1.82, 2.24) is 4.90 Å². The van der Waals surface area contributed by atoms with E-state index in [9.17, 15) is 29.4 Å². The predicted octanol–water partition coefficient (Wildman–Crippen LogP) is 3.07. The van der Waals surface area contributed by atoms with E-state index in [4.69, 9.17) is 17.4 Å². The van der Waals surface area contributed by atoms with E-state index in [1.165, 1.54) is 18.2 Å². The van der Waals surface area contributed by atoms with Gasteiger partial charge in [0.05, 0.1) is 12.5 Å². The van der Waals surface area contributed by atoms with E-state index < -0.39 is 36.8 Å². The fraction of sp³-hybridized carbons (Fsp3) is 0.286. The number of benzene rings is 2. The topological polar surface area (TPSA) is 141 Å². The summed E-state index contributed by atoms with van der Waals surface area (Å²) >= 11 is 6.24. The summed E-state index contributed by atoms with van der Waals surface area (Å²) in [4.78, 5) is 33.6. The number of piperidine rings is 1. The highest BCUT2D eigenvalue weighted by Gasteiger charge is 2.34. The summed E-state index contributed by atoms with van der Waals surface area (Å²) in [6.07, 6.45) is -0.476. The SMILES string of the molecule is [2H]c1ccc(Cl)c(-c2cc(=O)c3c(OP(=O)(O)O)cc(O)c([C@H]4CCN(C)C[C@H]4O)c3o2)c1. The molecule has 1 saturated heterocycles. The highest BCUT2D eigenvalue weighted by Crippen LogP contribution is 2.47. The molecule has 0 radical (unpaired) electrons. The molecule has 1 aliphatic heterocycles. The van der Waals surface area contributed by atoms with Crippen LogP contribution in [0, 0.1) is 0 Å². The minimum Gasteiger partial charge on any atom is -0.507 e. The summed E-state index contributed by atoms with van der Waals surface area (Å²) in [5, 5.41) is 21.4. The molecule has 11 heteroatoms. The number of phosphoric acid groups is 1. The average molecular weight is 483 g/mol. The van der Waals surface area contributed by atoms with Gasteiger partial charge in [-0.3, -0.25) is 14.6 Å². The lowest BCUT2D eigenvalue weighted by Gasteiger charge is -2.34. The number of phenolic OH excluding ortho intramolecular Hbond substituents is 1. The van der Waals surface area contributed by atoms with Crippen LogP contribution in [0.1, 0.15) is 19.3 Å². The first-order chi connectivity index (χ1) is 15.4. The molecule has 32 heavy (non-hydrogen) atoms. The van der Waals surface area contributed by atoms with Crippen LogP contribution in [0.5, 0.6) is 11.5 Å². The van der Waals surface area contributed by atoms with Crippen LogP contribution in [-0.4, -0.2) is 51.1 Å². The minimum absolute atomic E-state index is 0.0111. The number of β-amino-alcohol motifs (C(OH)–C–C–N with tert-alkyl or cyclic N) is 1. The molecule has 9 nitrogen and oxygen atoms in total. The second-order valence-electron chi connectivity index (χ2n) is 7.70. The van der Waals surface area contributed by atoms with Crippen molar-refractivity contribution < 1.29 is 34.9 Å². The molecule has 4 N–H and O–H groups in total. The largest absolute Gasteiger partial charge is 0.524 e. The molecule has 0 spiro atoms. The number of fused-ring (bicyclic) bond motifs is 1. The summed E-state index contributed by atoms with van der Waals surface area (Å²) in [7, 11) is -3.24. The van der Waals surface area contributed by atoms with Crippen LogP contribution in [-0.2, 0) is 4.57 Å². The number of rotatable bonds is 4. The van der Waals surface area contributed by atoms with E-state index in [2.05, 4.69) is 4.52 Å². The third-order valence-electron chi connectivity index (χ3n) is 5.43. The Bertz CT molecular complexity index is 1340. The van der Waals surface area contributed by atoms with Gasteiger partial charge in [-0.2, -0.15) is 0 Å². The van der Waals surface area contributed by atoms with Crippen molar-refractivity contribution in [2.24, 2.45) is 0 Å². The monoisotopic (exact) mass is 482 g/mol. The first-order valence-corrected chi connectivity index (χ1v) is 11.6. The van der Waals surface area contributed by atoms with E-state index in [1.54, 1.807) is 0 Å². The van der Waals surface area contributed by atoms with Crippen LogP contribution in [0.15, 0.2) is 45.6 Å². The van der Waals surface area contributed by atoms with Gasteiger partial charge >= 0.3 is 7.82 Å². The lowest BCUT2D eigenvalue weighted by molar-refractivity contribution is 0.0630. The van der Waals surface area contributed by atoms with E-state index in [0.717, 1.165) is 12.1 Å². The molecule has 0 aliphatic carbocycles. The standard InChI is InChI=1S/C21H21ClNO8P/c1-23-7-6-12(16(26)10-23)19-14(24)9-18(31-32(27,28)29)20-15(25)8-17(30-21(19)20)11-4-2-3-5-13(11)22/h2-5,8-9,12,16,24,26H,6-7,10H2,1H3,(H2,27,28,29)/t12-,16+/m0/s1/i2D. The molecular formula is C21H21ClNO8P. The second-order valence-corrected chi connectivity index (χ2v) is 9.27. The number of nitrogens with zero attached hydrogens (tertiary/aromatic N) is 1. The Hall–Kier alpha value is -2.39. The summed E-state index contributed by atoms with van der Waals surface area (Å²) in [5.74, 6) is -1.63. The Morgan fingerprint density at radius 2 is 2.09 bits per heavy atom. The fourth-order valence-electron chi connectivity index (χ4n) is 4.02. The van der Waals surface area contributed by atoms with Crippen molar-refractivity contribution in [3.05, 3.63) is 57.2 Å². The van der Waals surface area contributed by atoms with E-state index in [0.29, 0.717) is 19.5 Å². The number of hydrogen-bond acceptors (Lipinski definition) is 7. The molecule has 2 atom stereocenters. The summed E-state index contributed by atoms with van der Waals surface area (Å²) < 4.78 is 30.0. The lowest BCUT2D eigenvalue weighted by Crippen LogP contribution is -2.40. The predicted molar refractivity (Wildman–Crippen MR) is 118 cm³/mol. The number of aliphatic hydroxyl groups excluding tert-OH is 1. The summed E-state index contributed by atoms with van der Waals surface area (Å²) in [6, 6.07) is 6.45. The molecule has 1 aliphatic rings. The van der Waals surface area contributed by atoms with Gasteiger partial charge in [-0.15, -0.1) is 0 Å². The van der Waals surface area contributed by atoms with Crippen molar-refractivity contribution in [2.45, 2.75) is 18.4 Å². The quantitative estimate of drug-likeness (QED) is 0.413. The smallest absolute Gasteiger partial charge is 0.507 e. The zero-order valence-corrected chi connectivity index (χ0v) is 18.5. The van der Waals surface area contributed by atoms with Crippen molar-refractivity contribution in [3.8, 4) is 22.8 Å². The number of phenols is 1. The first kappa shape index (κ1) is 21.5. The second kappa shape index (κ2) is 8.51. The normalized spacial score (nSPS) is 20.3. The molecule has 0 unspecified atom stereocenters. The Labute approximate surface area is 189 Å². The average Bonchev–Trinajstić information content (AvgIpc) is 2.69. The molecule has 0 saturated carbocycles. The number of likely N-dealkylation sites (N-methyl/N-ethyl adjacent to an activating group) is 1. The third-order valence-corrected chi connectivity index (χ3v) is 6.20. The molecule has 1 fully saturated rings. The molecular weight excluding hydrogens is 461 g/mol. The minimum atomic E-state index is -5.08. The molecule has 4 rings (SSSR count). The van der Waals surface area contributed by atoms with Gasteiger partial charge in [0.2, 0.25) is 0 Å². The molecule has 2 heterocycles. The van der Waals surface area contributed by atoms with Crippen LogP contribution in [0.25, 0.3) is 22.3 Å². The Morgan fingerprint density at radius 3 is 2.78 bits per heavy atom. The van der Waals surface area contributed by atoms with E-state index in [1.807, 2.05) is 11.9 Å². The molecule has 170 valence electrons. The molecule has 0 amide bonds. The van der Waals surface area contributed by atoms with Crippen LogP contribution >= 0.6 is 19.4 Å². The number of phosphoric ester groups is 1. The zero-order valence-electron chi connectivity index (χ0n) is 17.9. The van der Waals surface area contributed by atoms with Crippen molar-refractivity contribution in [2.75, 3.05) is 20.1 Å². The molecule has 0 bridgehead atoms. The van der Waals surface area contributed by atoms with Crippen molar-refractivity contribution in [3.63, 3.8) is 0 Å². The van der Waals surface area contributed by atoms with Gasteiger partial charge in [0.15, 0.2) is 5.43 Å². The van der Waals surface area contributed by atoms with Gasteiger partial charge in [0.25, 0.3) is 0 Å². The van der Waals surface area contributed by atoms with Gasteiger partial charge in [-0.25, -0.2) is 4.57 Å². The van der Waals surface area contributed by atoms with Gasteiger partial charge < -0.3 is 24.1 Å². The van der Waals surface area contributed by atoms with Crippen LogP contribution < -0.4 is 9.95 Å². The van der Waals surface area contributed by atoms with E-state index >= 15 is 0 Å². The lowest BCUT2D eigenvalue weighted by atomic mass is 9.85. The molecule has 3 aromatic rings.